The van der Waals surface area contributed by atoms with Crippen LogP contribution in [0.3, 0.4) is 0 Å². The Bertz CT molecular complexity index is 574. The van der Waals surface area contributed by atoms with Crippen LogP contribution in [0, 0.1) is 0 Å². The molecule has 0 bridgehead atoms. The fraction of sp³-hybridized carbons (Fsp3) is 0.0833. The van der Waals surface area contributed by atoms with Crippen molar-refractivity contribution in [3.05, 3.63) is 58.5 Å². The van der Waals surface area contributed by atoms with Gasteiger partial charge >= 0.3 is 0 Å². The van der Waals surface area contributed by atoms with E-state index in [4.69, 9.17) is 0 Å². The van der Waals surface area contributed by atoms with Gasteiger partial charge in [0, 0.05) is 13.1 Å². The molecule has 0 aliphatic rings. The van der Waals surface area contributed by atoms with Crippen LogP contribution in [-0.2, 0) is 0 Å². The van der Waals surface area contributed by atoms with Crippen molar-refractivity contribution >= 4 is 11.6 Å². The van der Waals surface area contributed by atoms with Crippen LogP contribution >= 0.6 is 0 Å². The molecule has 0 atom stereocenters. The van der Waals surface area contributed by atoms with Gasteiger partial charge in [0.1, 0.15) is 0 Å². The van der Waals surface area contributed by atoms with Crippen LogP contribution in [-0.4, -0.2) is 23.2 Å². The van der Waals surface area contributed by atoms with Crippen LogP contribution < -0.4 is 16.0 Å². The number of anilines is 1. The predicted octanol–water partition coefficient (Wildman–Crippen LogP) is 0.551. The number of aromatic nitrogens is 2. The van der Waals surface area contributed by atoms with Crippen LogP contribution in [0.4, 0.5) is 5.69 Å². The van der Waals surface area contributed by atoms with E-state index in [9.17, 15) is 9.59 Å². The summed E-state index contributed by atoms with van der Waals surface area (Å²) >= 11 is 0. The van der Waals surface area contributed by atoms with Crippen molar-refractivity contribution in [1.82, 2.24) is 15.6 Å². The molecule has 6 nitrogen and oxygen atoms in total. The Balaban J connectivity index is 2.08. The number of benzene rings is 1. The lowest BCUT2D eigenvalue weighted by atomic mass is 10.3. The van der Waals surface area contributed by atoms with Gasteiger partial charge in [-0.15, -0.1) is 0 Å². The molecule has 1 amide bonds. The molecular formula is C12H12N4O2. The summed E-state index contributed by atoms with van der Waals surface area (Å²) in [6.07, 6.45) is 0. The average Bonchev–Trinajstić information content (AvgIpc) is 2.40. The molecule has 0 saturated heterocycles. The Kier molecular flexibility index (Phi) is 3.38. The fourth-order valence-corrected chi connectivity index (χ4v) is 1.40. The van der Waals surface area contributed by atoms with Crippen molar-refractivity contribution in [2.75, 3.05) is 12.1 Å². The summed E-state index contributed by atoms with van der Waals surface area (Å²) in [6.45, 7) is 0. The molecule has 0 saturated carbocycles. The summed E-state index contributed by atoms with van der Waals surface area (Å²) in [5.74, 6) is -0.391. The molecule has 0 aliphatic heterocycles. The zero-order chi connectivity index (χ0) is 13.0. The van der Waals surface area contributed by atoms with E-state index in [1.54, 1.807) is 12.1 Å². The molecule has 92 valence electrons. The van der Waals surface area contributed by atoms with Gasteiger partial charge in [-0.3, -0.25) is 20.0 Å². The first-order valence-electron chi connectivity index (χ1n) is 5.32. The number of hydrazine groups is 1. The molecule has 6 heteroatoms. The van der Waals surface area contributed by atoms with Crippen molar-refractivity contribution in [2.45, 2.75) is 0 Å². The third-order valence-electron chi connectivity index (χ3n) is 2.32. The summed E-state index contributed by atoms with van der Waals surface area (Å²) < 4.78 is 0. The molecule has 0 radical (unpaired) electrons. The van der Waals surface area contributed by atoms with Gasteiger partial charge in [-0.25, -0.2) is 5.10 Å². The van der Waals surface area contributed by atoms with E-state index in [-0.39, 0.29) is 11.3 Å². The number of carbonyl (C=O) groups is 1. The van der Waals surface area contributed by atoms with Crippen LogP contribution in [0.1, 0.15) is 10.5 Å². The van der Waals surface area contributed by atoms with Crippen LogP contribution in [0.2, 0.25) is 0 Å². The minimum absolute atomic E-state index is 0.150. The number of rotatable bonds is 3. The van der Waals surface area contributed by atoms with Crippen molar-refractivity contribution in [1.29, 1.82) is 0 Å². The van der Waals surface area contributed by atoms with Gasteiger partial charge in [-0.1, -0.05) is 18.2 Å². The number of amides is 1. The van der Waals surface area contributed by atoms with Gasteiger partial charge in [0.2, 0.25) is 0 Å². The van der Waals surface area contributed by atoms with Crippen molar-refractivity contribution < 1.29 is 4.79 Å². The maximum absolute atomic E-state index is 11.8. The monoisotopic (exact) mass is 244 g/mol. The van der Waals surface area contributed by atoms with Gasteiger partial charge in [0.25, 0.3) is 11.5 Å². The summed E-state index contributed by atoms with van der Waals surface area (Å²) in [5, 5.41) is 7.44. The minimum Gasteiger partial charge on any atom is -0.288 e. The number of para-hydroxylation sites is 1. The minimum atomic E-state index is -0.391. The molecule has 18 heavy (non-hydrogen) atoms. The SMILES string of the molecule is CN(NC(=O)c1ccc(=O)[nH]n1)c1ccccc1. The van der Waals surface area contributed by atoms with E-state index < -0.39 is 5.91 Å². The van der Waals surface area contributed by atoms with E-state index >= 15 is 0 Å². The number of H-pyrrole nitrogens is 1. The second-order valence-corrected chi connectivity index (χ2v) is 3.64. The maximum atomic E-state index is 11.8. The predicted molar refractivity (Wildman–Crippen MR) is 67.2 cm³/mol. The van der Waals surface area contributed by atoms with E-state index in [2.05, 4.69) is 15.6 Å². The Morgan fingerprint density at radius 2 is 1.94 bits per heavy atom. The molecule has 2 N–H and O–H groups in total. The van der Waals surface area contributed by atoms with Crippen LogP contribution in [0.25, 0.3) is 0 Å². The van der Waals surface area contributed by atoms with Crippen LogP contribution in [0.15, 0.2) is 47.3 Å². The van der Waals surface area contributed by atoms with Gasteiger partial charge in [-0.2, -0.15) is 5.10 Å². The third-order valence-corrected chi connectivity index (χ3v) is 2.32. The molecule has 0 fully saturated rings. The highest BCUT2D eigenvalue weighted by Crippen LogP contribution is 2.08. The van der Waals surface area contributed by atoms with E-state index in [1.165, 1.54) is 12.1 Å². The van der Waals surface area contributed by atoms with Crippen molar-refractivity contribution in [2.24, 2.45) is 0 Å². The van der Waals surface area contributed by atoms with Gasteiger partial charge < -0.3 is 0 Å². The number of hydrogen-bond donors (Lipinski definition) is 2. The van der Waals surface area contributed by atoms with E-state index in [0.717, 1.165) is 5.69 Å². The first kappa shape index (κ1) is 11.8. The summed E-state index contributed by atoms with van der Waals surface area (Å²) in [4.78, 5) is 22.6. The van der Waals surface area contributed by atoms with Gasteiger partial charge in [0.15, 0.2) is 5.69 Å². The average molecular weight is 244 g/mol. The smallest absolute Gasteiger partial charge is 0.288 e. The second kappa shape index (κ2) is 5.13. The highest BCUT2D eigenvalue weighted by atomic mass is 16.2. The first-order chi connectivity index (χ1) is 8.66. The molecule has 0 aliphatic carbocycles. The fourth-order valence-electron chi connectivity index (χ4n) is 1.40. The van der Waals surface area contributed by atoms with Crippen molar-refractivity contribution in [3.63, 3.8) is 0 Å². The van der Waals surface area contributed by atoms with Crippen molar-refractivity contribution in [3.8, 4) is 0 Å². The second-order valence-electron chi connectivity index (χ2n) is 3.64. The molecule has 2 rings (SSSR count). The lowest BCUT2D eigenvalue weighted by Crippen LogP contribution is -2.40. The number of hydrogen-bond acceptors (Lipinski definition) is 4. The molecule has 0 spiro atoms. The van der Waals surface area contributed by atoms with Gasteiger partial charge in [0.05, 0.1) is 5.69 Å². The normalized spacial score (nSPS) is 9.83. The Morgan fingerprint density at radius 3 is 2.56 bits per heavy atom. The largest absolute Gasteiger partial charge is 0.290 e. The topological polar surface area (TPSA) is 78.1 Å². The number of nitrogens with one attached hydrogen (secondary N) is 2. The Hall–Kier alpha value is -2.63. The Labute approximate surface area is 103 Å². The van der Waals surface area contributed by atoms with Gasteiger partial charge in [-0.05, 0) is 18.2 Å². The third kappa shape index (κ3) is 2.73. The highest BCUT2D eigenvalue weighted by molar-refractivity contribution is 5.92. The number of carbonyl (C=O) groups excluding carboxylic acids is 1. The first-order valence-corrected chi connectivity index (χ1v) is 5.32. The highest BCUT2D eigenvalue weighted by Gasteiger charge is 2.09. The summed E-state index contributed by atoms with van der Waals surface area (Å²) in [6, 6.07) is 12.0. The van der Waals surface area contributed by atoms with E-state index in [1.807, 2.05) is 30.3 Å². The molecule has 1 aromatic carbocycles. The Morgan fingerprint density at radius 1 is 1.22 bits per heavy atom. The quantitative estimate of drug-likeness (QED) is 0.773. The number of nitrogens with zero attached hydrogens (tertiary/aromatic N) is 2. The maximum Gasteiger partial charge on any atom is 0.290 e. The number of aromatic amines is 1. The lowest BCUT2D eigenvalue weighted by molar-refractivity contribution is 0.0945. The standard InChI is InChI=1S/C12H12N4O2/c1-16(9-5-3-2-4-6-9)15-12(18)10-7-8-11(17)14-13-10/h2-8H,1H3,(H,14,17)(H,15,18). The zero-order valence-electron chi connectivity index (χ0n) is 9.75. The zero-order valence-corrected chi connectivity index (χ0v) is 9.75. The molecule has 2 aromatic rings. The summed E-state index contributed by atoms with van der Waals surface area (Å²) in [5.41, 5.74) is 3.29. The molecule has 1 aromatic heterocycles. The molecular weight excluding hydrogens is 232 g/mol. The lowest BCUT2D eigenvalue weighted by Gasteiger charge is -2.19. The van der Waals surface area contributed by atoms with E-state index in [0.29, 0.717) is 0 Å². The van der Waals surface area contributed by atoms with Crippen LogP contribution in [0.5, 0.6) is 0 Å². The molecule has 1 heterocycles. The summed E-state index contributed by atoms with van der Waals surface area (Å²) in [7, 11) is 1.72. The molecule has 0 unspecified atom stereocenters.